The van der Waals surface area contributed by atoms with Crippen LogP contribution in [0.2, 0.25) is 0 Å². The summed E-state index contributed by atoms with van der Waals surface area (Å²) in [5.74, 6) is 0.801. The predicted molar refractivity (Wildman–Crippen MR) is 119 cm³/mol. The van der Waals surface area contributed by atoms with Gasteiger partial charge in [0.1, 0.15) is 5.75 Å². The number of halogens is 1. The van der Waals surface area contributed by atoms with Crippen molar-refractivity contribution in [3.63, 3.8) is 0 Å². The number of nitrogens with zero attached hydrogens (tertiary/aromatic N) is 3. The molecule has 1 saturated heterocycles. The van der Waals surface area contributed by atoms with Crippen LogP contribution in [-0.4, -0.2) is 34.5 Å². The summed E-state index contributed by atoms with van der Waals surface area (Å²) in [4.78, 5) is 14.5. The first-order valence-electron chi connectivity index (χ1n) is 9.00. The maximum Gasteiger partial charge on any atom is 0.242 e. The largest absolute Gasteiger partial charge is 0.496 e. The van der Waals surface area contributed by atoms with E-state index in [-0.39, 0.29) is 11.2 Å². The molecule has 28 heavy (non-hydrogen) atoms. The van der Waals surface area contributed by atoms with Gasteiger partial charge in [-0.2, -0.15) is 5.10 Å². The van der Waals surface area contributed by atoms with Crippen molar-refractivity contribution in [3.05, 3.63) is 63.6 Å². The van der Waals surface area contributed by atoms with Crippen LogP contribution in [0, 0.1) is 6.92 Å². The second kappa shape index (κ2) is 9.39. The number of aryl methyl sites for hydroxylation is 1. The zero-order valence-corrected chi connectivity index (χ0v) is 18.5. The molecule has 1 aliphatic heterocycles. The number of carbonyl (C=O) groups is 1. The molecular formula is C21H22BrN3O2S. The minimum atomic E-state index is -0.113. The number of hydrogen-bond acceptors (Lipinski definition) is 5. The van der Waals surface area contributed by atoms with Crippen molar-refractivity contribution in [2.45, 2.75) is 32.1 Å². The van der Waals surface area contributed by atoms with Crippen molar-refractivity contribution >= 4 is 45.0 Å². The summed E-state index contributed by atoms with van der Waals surface area (Å²) in [5, 5.41) is 9.12. The smallest absolute Gasteiger partial charge is 0.242 e. The molecule has 0 unspecified atom stereocenters. The van der Waals surface area contributed by atoms with E-state index >= 15 is 0 Å². The molecule has 0 aromatic heterocycles. The Hall–Kier alpha value is -2.12. The fourth-order valence-electron chi connectivity index (χ4n) is 2.89. The van der Waals surface area contributed by atoms with Gasteiger partial charge in [0.15, 0.2) is 5.17 Å². The minimum Gasteiger partial charge on any atom is -0.496 e. The molecule has 0 bridgehead atoms. The lowest BCUT2D eigenvalue weighted by Gasteiger charge is -2.17. The van der Waals surface area contributed by atoms with Crippen LogP contribution in [0.15, 0.2) is 57.1 Å². The second-order valence-electron chi connectivity index (χ2n) is 6.38. The first-order chi connectivity index (χ1) is 13.5. The summed E-state index contributed by atoms with van der Waals surface area (Å²) in [6.45, 7) is 4.57. The predicted octanol–water partition coefficient (Wildman–Crippen LogP) is 5.01. The molecule has 5 nitrogen and oxygen atoms in total. The van der Waals surface area contributed by atoms with Gasteiger partial charge >= 0.3 is 0 Å². The second-order valence-corrected chi connectivity index (χ2v) is 8.46. The summed E-state index contributed by atoms with van der Waals surface area (Å²) in [6, 6.07) is 13.8. The highest BCUT2D eigenvalue weighted by Gasteiger charge is 2.37. The lowest BCUT2D eigenvalue weighted by Crippen LogP contribution is -2.31. The molecule has 0 saturated carbocycles. The van der Waals surface area contributed by atoms with E-state index in [4.69, 9.17) is 4.74 Å². The van der Waals surface area contributed by atoms with Gasteiger partial charge < -0.3 is 4.74 Å². The van der Waals surface area contributed by atoms with E-state index in [0.29, 0.717) is 17.5 Å². The molecule has 7 heteroatoms. The Morgan fingerprint density at radius 2 is 2.07 bits per heavy atom. The number of hydrogen-bond donors (Lipinski definition) is 0. The van der Waals surface area contributed by atoms with Gasteiger partial charge in [-0.15, -0.1) is 5.10 Å². The monoisotopic (exact) mass is 459 g/mol. The molecule has 2 aromatic carbocycles. The van der Waals surface area contributed by atoms with Gasteiger partial charge in [-0.3, -0.25) is 9.69 Å². The van der Waals surface area contributed by atoms with Crippen molar-refractivity contribution in [2.75, 3.05) is 7.11 Å². The summed E-state index contributed by atoms with van der Waals surface area (Å²) < 4.78 is 6.29. The van der Waals surface area contributed by atoms with Gasteiger partial charge in [0.05, 0.1) is 25.1 Å². The average Bonchev–Trinajstić information content (AvgIpc) is 2.99. The van der Waals surface area contributed by atoms with Crippen molar-refractivity contribution in [1.82, 2.24) is 4.90 Å². The van der Waals surface area contributed by atoms with Crippen LogP contribution >= 0.6 is 27.7 Å². The highest BCUT2D eigenvalue weighted by Crippen LogP contribution is 2.31. The van der Waals surface area contributed by atoms with Crippen molar-refractivity contribution in [1.29, 1.82) is 0 Å². The third-order valence-corrected chi connectivity index (χ3v) is 6.34. The van der Waals surface area contributed by atoms with Crippen LogP contribution < -0.4 is 4.74 Å². The zero-order chi connectivity index (χ0) is 20.1. The van der Waals surface area contributed by atoms with Gasteiger partial charge in [-0.05, 0) is 42.7 Å². The van der Waals surface area contributed by atoms with E-state index in [9.17, 15) is 4.79 Å². The molecular weight excluding hydrogens is 438 g/mol. The fraction of sp³-hybridized carbons (Fsp3) is 0.286. The molecule has 0 aliphatic carbocycles. The molecule has 0 radical (unpaired) electrons. The molecule has 0 N–H and O–H groups in total. The lowest BCUT2D eigenvalue weighted by molar-refractivity contribution is -0.126. The van der Waals surface area contributed by atoms with Gasteiger partial charge in [0, 0.05) is 10.0 Å². The SMILES string of the molecule is CC[C@@H]1S/C(=N/N=C\c2cc(Br)ccc2OC)N(Cc2ccccc2C)C1=O. The maximum absolute atomic E-state index is 12.8. The Kier molecular flexibility index (Phi) is 6.91. The number of benzene rings is 2. The molecule has 0 spiro atoms. The van der Waals surface area contributed by atoms with Crippen LogP contribution in [0.3, 0.4) is 0 Å². The zero-order valence-electron chi connectivity index (χ0n) is 16.1. The number of carbonyl (C=O) groups excluding carboxylic acids is 1. The van der Waals surface area contributed by atoms with Crippen LogP contribution in [0.4, 0.5) is 0 Å². The van der Waals surface area contributed by atoms with Gasteiger partial charge in [0.2, 0.25) is 5.91 Å². The minimum absolute atomic E-state index is 0.0877. The summed E-state index contributed by atoms with van der Waals surface area (Å²) >= 11 is 4.92. The highest BCUT2D eigenvalue weighted by molar-refractivity contribution is 9.10. The molecule has 146 valence electrons. The van der Waals surface area contributed by atoms with Gasteiger partial charge in [-0.25, -0.2) is 0 Å². The lowest BCUT2D eigenvalue weighted by atomic mass is 10.1. The number of ether oxygens (including phenoxy) is 1. The molecule has 1 aliphatic rings. The normalized spacial score (nSPS) is 18.4. The van der Waals surface area contributed by atoms with Crippen LogP contribution in [0.1, 0.15) is 30.0 Å². The number of thioether (sulfide) groups is 1. The number of methoxy groups -OCH3 is 1. The molecule has 1 amide bonds. The fourth-order valence-corrected chi connectivity index (χ4v) is 4.30. The van der Waals surface area contributed by atoms with Crippen LogP contribution in [0.25, 0.3) is 0 Å². The number of amidine groups is 1. The van der Waals surface area contributed by atoms with E-state index in [0.717, 1.165) is 27.6 Å². The molecule has 1 fully saturated rings. The van der Waals surface area contributed by atoms with Crippen molar-refractivity contribution < 1.29 is 9.53 Å². The summed E-state index contributed by atoms with van der Waals surface area (Å²) in [5.41, 5.74) is 3.08. The third-order valence-electron chi connectivity index (χ3n) is 4.51. The molecule has 1 heterocycles. The first kappa shape index (κ1) is 20.6. The Morgan fingerprint density at radius 3 is 2.79 bits per heavy atom. The average molecular weight is 460 g/mol. The molecule has 2 aromatic rings. The Labute approximate surface area is 178 Å². The Balaban J connectivity index is 1.86. The van der Waals surface area contributed by atoms with E-state index in [1.165, 1.54) is 11.8 Å². The summed E-state index contributed by atoms with van der Waals surface area (Å²) in [6.07, 6.45) is 2.41. The van der Waals surface area contributed by atoms with E-state index in [1.807, 2.05) is 43.3 Å². The van der Waals surface area contributed by atoms with Crippen molar-refractivity contribution in [3.8, 4) is 5.75 Å². The standard InChI is InChI=1S/C21H22BrN3O2S/c1-4-19-20(26)25(13-15-8-6-5-7-14(15)2)21(28-19)24-23-12-16-11-17(22)9-10-18(16)27-3/h5-12,19H,4,13H2,1-3H3/b23-12-,24-21+/t19-/m0/s1. The highest BCUT2D eigenvalue weighted by atomic mass is 79.9. The van der Waals surface area contributed by atoms with E-state index in [1.54, 1.807) is 18.2 Å². The van der Waals surface area contributed by atoms with Crippen LogP contribution in [-0.2, 0) is 11.3 Å². The van der Waals surface area contributed by atoms with Gasteiger partial charge in [-0.1, -0.05) is 58.9 Å². The Morgan fingerprint density at radius 1 is 1.29 bits per heavy atom. The van der Waals surface area contributed by atoms with Crippen molar-refractivity contribution in [2.24, 2.45) is 10.2 Å². The maximum atomic E-state index is 12.8. The molecule has 1 atom stereocenters. The topological polar surface area (TPSA) is 54.3 Å². The van der Waals surface area contributed by atoms with Gasteiger partial charge in [0.25, 0.3) is 0 Å². The first-order valence-corrected chi connectivity index (χ1v) is 10.7. The van der Waals surface area contributed by atoms with E-state index in [2.05, 4.69) is 39.1 Å². The van der Waals surface area contributed by atoms with E-state index < -0.39 is 0 Å². The molecule has 3 rings (SSSR count). The third kappa shape index (κ3) is 4.64. The quantitative estimate of drug-likeness (QED) is 0.450. The Bertz CT molecular complexity index is 930. The number of rotatable bonds is 6. The van der Waals surface area contributed by atoms with Crippen LogP contribution in [0.5, 0.6) is 5.75 Å². The summed E-state index contributed by atoms with van der Waals surface area (Å²) in [7, 11) is 1.62. The number of amides is 1.